The smallest absolute Gasteiger partial charge is 0.351 e. The molecule has 2 N–H and O–H groups in total. The van der Waals surface area contributed by atoms with Crippen LogP contribution in [0.2, 0.25) is 5.04 Å². The third-order valence-electron chi connectivity index (χ3n) is 10.3. The van der Waals surface area contributed by atoms with E-state index in [1.807, 2.05) is 0 Å². The molecule has 0 radical (unpaired) electrons. The minimum Gasteiger partial charge on any atom is -0.405 e. The molecule has 1 aliphatic rings. The van der Waals surface area contributed by atoms with Gasteiger partial charge >= 0.3 is 5.69 Å². The van der Waals surface area contributed by atoms with Crippen molar-refractivity contribution in [2.45, 2.75) is 43.7 Å². The predicted octanol–water partition coefficient (Wildman–Crippen LogP) is 7.20. The molecule has 2 heterocycles. The molecule has 1 fully saturated rings. The van der Waals surface area contributed by atoms with Crippen LogP contribution in [0.15, 0.2) is 163 Å². The van der Waals surface area contributed by atoms with Crippen LogP contribution in [-0.2, 0) is 14.7 Å². The first-order chi connectivity index (χ1) is 25.6. The van der Waals surface area contributed by atoms with Crippen molar-refractivity contribution >= 4 is 47.1 Å². The number of ether oxygens (including phenoxy) is 1. The average Bonchev–Trinajstić information content (AvgIpc) is 3.18. The van der Waals surface area contributed by atoms with Crippen molar-refractivity contribution in [2.75, 3.05) is 25.4 Å². The van der Waals surface area contributed by atoms with Gasteiger partial charge in [-0.3, -0.25) is 9.47 Å². The molecule has 0 spiro atoms. The second-order valence-corrected chi connectivity index (χ2v) is 20.0. The lowest BCUT2D eigenvalue weighted by Gasteiger charge is -2.51. The Bertz CT molecular complexity index is 2030. The fourth-order valence-electron chi connectivity index (χ4n) is 8.07. The molecule has 1 saturated heterocycles. The molecule has 5 aromatic carbocycles. The zero-order valence-corrected chi connectivity index (χ0v) is 33.5. The Hall–Kier alpha value is -4.39. The van der Waals surface area contributed by atoms with Gasteiger partial charge in [-0.25, -0.2) is 4.79 Å². The number of nitrogen functional groups attached to an aromatic ring is 1. The number of benzene rings is 5. The van der Waals surface area contributed by atoms with E-state index >= 15 is 0 Å². The van der Waals surface area contributed by atoms with Crippen LogP contribution in [0.1, 0.15) is 43.7 Å². The fourth-order valence-corrected chi connectivity index (χ4v) is 13.1. The molecule has 6 aromatic rings. The van der Waals surface area contributed by atoms with Gasteiger partial charge in [0.05, 0.1) is 21.8 Å². The van der Waals surface area contributed by atoms with Crippen LogP contribution in [0.5, 0.6) is 0 Å². The Labute approximate surface area is 326 Å². The fraction of sp³-hybridized carbons (Fsp3) is 0.227. The molecular formula is C44H45IN4O3Si. The lowest BCUT2D eigenvalue weighted by atomic mass is 9.75. The number of hydrogen-bond donors (Lipinski definition) is 1. The van der Waals surface area contributed by atoms with Crippen LogP contribution in [-0.4, -0.2) is 48.6 Å². The summed E-state index contributed by atoms with van der Waals surface area (Å²) in [5, 5.41) is 2.17. The number of hydrogen-bond acceptors (Lipinski definition) is 6. The van der Waals surface area contributed by atoms with Crippen molar-refractivity contribution in [3.05, 3.63) is 189 Å². The highest BCUT2D eigenvalue weighted by molar-refractivity contribution is 14.1. The van der Waals surface area contributed by atoms with Crippen molar-refractivity contribution in [3.8, 4) is 0 Å². The number of morpholine rings is 1. The molecule has 0 saturated carbocycles. The van der Waals surface area contributed by atoms with Gasteiger partial charge in [0.25, 0.3) is 8.32 Å². The molecule has 7 rings (SSSR count). The molecule has 0 amide bonds. The van der Waals surface area contributed by atoms with Crippen LogP contribution < -0.4 is 21.8 Å². The molecule has 2 atom stereocenters. The van der Waals surface area contributed by atoms with Gasteiger partial charge in [0, 0.05) is 19.3 Å². The summed E-state index contributed by atoms with van der Waals surface area (Å²) in [4.78, 5) is 20.3. The summed E-state index contributed by atoms with van der Waals surface area (Å²) in [7, 11) is -2.92. The molecular weight excluding hydrogens is 787 g/mol. The minimum absolute atomic E-state index is 0.207. The van der Waals surface area contributed by atoms with Gasteiger partial charge in [-0.05, 0) is 54.7 Å². The van der Waals surface area contributed by atoms with Crippen molar-refractivity contribution < 1.29 is 9.16 Å². The highest BCUT2D eigenvalue weighted by atomic mass is 127. The van der Waals surface area contributed by atoms with Gasteiger partial charge in [0.1, 0.15) is 5.82 Å². The molecule has 1 aromatic heterocycles. The molecule has 270 valence electrons. The number of nitrogens with zero attached hydrogens (tertiary/aromatic N) is 3. The number of halogens is 1. The molecule has 0 unspecified atom stereocenters. The van der Waals surface area contributed by atoms with E-state index in [2.05, 4.69) is 205 Å². The lowest BCUT2D eigenvalue weighted by Crippen LogP contribution is -2.67. The zero-order chi connectivity index (χ0) is 37.1. The summed E-state index contributed by atoms with van der Waals surface area (Å²) >= 11 is 2.13. The van der Waals surface area contributed by atoms with Gasteiger partial charge in [-0.15, -0.1) is 0 Å². The molecule has 0 bridgehead atoms. The maximum Gasteiger partial charge on any atom is 0.351 e. The van der Waals surface area contributed by atoms with Crippen LogP contribution >= 0.6 is 22.6 Å². The van der Waals surface area contributed by atoms with E-state index in [4.69, 9.17) is 14.9 Å². The largest absolute Gasteiger partial charge is 0.405 e. The van der Waals surface area contributed by atoms with Gasteiger partial charge in [0.15, 0.2) is 6.23 Å². The first kappa shape index (κ1) is 36.9. The second-order valence-electron chi connectivity index (χ2n) is 14.6. The standard InChI is InChI=1S/C44H45IN4O3Si/c1-43(2,3)53(37-25-15-7-16-26-37,38-27-17-8-18-28-38)51-32-36-29-48(31-40(52-36)49-30-39(45)41(46)47-42(49)50)44(33-19-9-4-10-20-33,34-21-11-5-12-22-34)35-23-13-6-14-24-35/h4-28,30,36,40H,29,31-32H2,1-3H3,(H2,46,47,50)/t36-,40+/m0/s1. The maximum atomic E-state index is 13.6. The maximum absolute atomic E-state index is 13.6. The van der Waals surface area contributed by atoms with Gasteiger partial charge in [-0.2, -0.15) is 4.98 Å². The van der Waals surface area contributed by atoms with E-state index in [1.54, 1.807) is 10.8 Å². The Morgan fingerprint density at radius 3 is 1.60 bits per heavy atom. The summed E-state index contributed by atoms with van der Waals surface area (Å²) < 4.78 is 16.8. The van der Waals surface area contributed by atoms with Crippen molar-refractivity contribution in [3.63, 3.8) is 0 Å². The van der Waals surface area contributed by atoms with E-state index in [1.165, 1.54) is 10.4 Å². The SMILES string of the molecule is CC(C)(C)[Si](OC[C@@H]1CN(C(c2ccccc2)(c2ccccc2)c2ccccc2)C[C@H](n2cc(I)c(N)nc2=O)O1)(c1ccccc1)c1ccccc1. The van der Waals surface area contributed by atoms with Crippen LogP contribution in [0.3, 0.4) is 0 Å². The highest BCUT2D eigenvalue weighted by Crippen LogP contribution is 2.45. The summed E-state index contributed by atoms with van der Waals surface area (Å²) in [6, 6.07) is 53.2. The first-order valence-corrected chi connectivity index (χ1v) is 21.0. The summed E-state index contributed by atoms with van der Waals surface area (Å²) in [6.07, 6.45) is 0.656. The lowest BCUT2D eigenvalue weighted by molar-refractivity contribution is -0.149. The van der Waals surface area contributed by atoms with Crippen molar-refractivity contribution in [1.29, 1.82) is 0 Å². The third kappa shape index (κ3) is 7.04. The number of rotatable bonds is 10. The van der Waals surface area contributed by atoms with Crippen molar-refractivity contribution in [2.24, 2.45) is 0 Å². The van der Waals surface area contributed by atoms with Crippen molar-refractivity contribution in [1.82, 2.24) is 14.5 Å². The van der Waals surface area contributed by atoms with Crippen LogP contribution in [0, 0.1) is 3.57 Å². The van der Waals surface area contributed by atoms with Gasteiger partial charge in [-0.1, -0.05) is 172 Å². The molecule has 0 aliphatic carbocycles. The topological polar surface area (TPSA) is 82.6 Å². The quantitative estimate of drug-likeness (QED) is 0.0895. The van der Waals surface area contributed by atoms with Gasteiger partial charge in [0.2, 0.25) is 0 Å². The highest BCUT2D eigenvalue weighted by Gasteiger charge is 2.52. The summed E-state index contributed by atoms with van der Waals surface area (Å²) in [5.74, 6) is 0.207. The number of aromatic nitrogens is 2. The molecule has 7 nitrogen and oxygen atoms in total. The predicted molar refractivity (Wildman–Crippen MR) is 224 cm³/mol. The molecule has 53 heavy (non-hydrogen) atoms. The normalized spacial score (nSPS) is 17.1. The van der Waals surface area contributed by atoms with E-state index < -0.39 is 31.9 Å². The Kier molecular flexibility index (Phi) is 10.8. The van der Waals surface area contributed by atoms with E-state index in [0.29, 0.717) is 23.3 Å². The molecule has 9 heteroatoms. The first-order valence-electron chi connectivity index (χ1n) is 18.0. The third-order valence-corrected chi connectivity index (χ3v) is 16.2. The van der Waals surface area contributed by atoms with Gasteiger partial charge < -0.3 is 14.9 Å². The minimum atomic E-state index is -2.92. The van der Waals surface area contributed by atoms with E-state index in [9.17, 15) is 4.79 Å². The number of nitrogens with two attached hydrogens (primary N) is 1. The van der Waals surface area contributed by atoms with E-state index in [-0.39, 0.29) is 10.9 Å². The second kappa shape index (κ2) is 15.5. The summed E-state index contributed by atoms with van der Waals surface area (Å²) in [6.45, 7) is 8.08. The Balaban J connectivity index is 1.40. The van der Waals surface area contributed by atoms with Crippen LogP contribution in [0.4, 0.5) is 5.82 Å². The zero-order valence-electron chi connectivity index (χ0n) is 30.3. The Morgan fingerprint density at radius 2 is 1.17 bits per heavy atom. The molecule has 1 aliphatic heterocycles. The van der Waals surface area contributed by atoms with E-state index in [0.717, 1.165) is 16.7 Å². The summed E-state index contributed by atoms with van der Waals surface area (Å²) in [5.41, 5.74) is 8.27. The monoisotopic (exact) mass is 832 g/mol. The Morgan fingerprint density at radius 1 is 0.736 bits per heavy atom. The number of anilines is 1. The average molecular weight is 833 g/mol. The van der Waals surface area contributed by atoms with Crippen LogP contribution in [0.25, 0.3) is 0 Å².